The SMILES string of the molecule is CCc1cnccc1C(=O)Cc1ccc(F)c(Br)c1. The Bertz CT molecular complexity index is 613. The summed E-state index contributed by atoms with van der Waals surface area (Å²) in [5, 5.41) is 0. The van der Waals surface area contributed by atoms with Gasteiger partial charge in [0.25, 0.3) is 0 Å². The highest BCUT2D eigenvalue weighted by molar-refractivity contribution is 9.10. The fourth-order valence-corrected chi connectivity index (χ4v) is 2.34. The van der Waals surface area contributed by atoms with E-state index in [0.29, 0.717) is 10.0 Å². The van der Waals surface area contributed by atoms with Gasteiger partial charge >= 0.3 is 0 Å². The molecule has 0 aliphatic carbocycles. The molecule has 0 radical (unpaired) electrons. The largest absolute Gasteiger partial charge is 0.294 e. The first-order valence-corrected chi connectivity index (χ1v) is 6.81. The zero-order chi connectivity index (χ0) is 13.8. The van der Waals surface area contributed by atoms with Gasteiger partial charge in [-0.05, 0) is 51.7 Å². The molecule has 0 aliphatic heterocycles. The lowest BCUT2D eigenvalue weighted by atomic mass is 9.99. The Balaban J connectivity index is 2.23. The molecule has 0 unspecified atom stereocenters. The van der Waals surface area contributed by atoms with Crippen molar-refractivity contribution in [3.8, 4) is 0 Å². The molecular formula is C15H13BrFNO. The standard InChI is InChI=1S/C15H13BrFNO/c1-2-11-9-18-6-5-12(11)15(19)8-10-3-4-14(17)13(16)7-10/h3-7,9H,2,8H2,1H3. The number of benzene rings is 1. The number of halogens is 2. The minimum absolute atomic E-state index is 0.0257. The van der Waals surface area contributed by atoms with E-state index in [0.717, 1.165) is 17.5 Å². The molecule has 19 heavy (non-hydrogen) atoms. The number of Topliss-reactive ketones (excluding diaryl/α,β-unsaturated/α-hetero) is 1. The quantitative estimate of drug-likeness (QED) is 0.797. The van der Waals surface area contributed by atoms with Crippen LogP contribution in [0, 0.1) is 5.82 Å². The number of rotatable bonds is 4. The fraction of sp³-hybridized carbons (Fsp3) is 0.200. The van der Waals surface area contributed by atoms with Gasteiger partial charge in [-0.1, -0.05) is 13.0 Å². The number of aryl methyl sites for hydroxylation is 1. The molecule has 1 aromatic carbocycles. The smallest absolute Gasteiger partial charge is 0.167 e. The number of nitrogens with zero attached hydrogens (tertiary/aromatic N) is 1. The third kappa shape index (κ3) is 3.26. The van der Waals surface area contributed by atoms with Gasteiger partial charge in [-0.15, -0.1) is 0 Å². The van der Waals surface area contributed by atoms with Crippen molar-refractivity contribution < 1.29 is 9.18 Å². The normalized spacial score (nSPS) is 10.5. The van der Waals surface area contributed by atoms with E-state index in [1.54, 1.807) is 30.6 Å². The average Bonchev–Trinajstić information content (AvgIpc) is 2.43. The summed E-state index contributed by atoms with van der Waals surface area (Å²) >= 11 is 3.12. The third-order valence-electron chi connectivity index (χ3n) is 2.93. The summed E-state index contributed by atoms with van der Waals surface area (Å²) in [4.78, 5) is 16.3. The maximum atomic E-state index is 13.1. The zero-order valence-electron chi connectivity index (χ0n) is 10.5. The van der Waals surface area contributed by atoms with Crippen LogP contribution in [0.3, 0.4) is 0 Å². The summed E-state index contributed by atoms with van der Waals surface area (Å²) in [5.74, 6) is -0.299. The van der Waals surface area contributed by atoms with Crippen molar-refractivity contribution in [2.24, 2.45) is 0 Å². The number of aromatic nitrogens is 1. The molecule has 0 amide bonds. The van der Waals surface area contributed by atoms with E-state index in [2.05, 4.69) is 20.9 Å². The first-order valence-electron chi connectivity index (χ1n) is 6.01. The molecule has 0 saturated heterocycles. The van der Waals surface area contributed by atoms with Crippen LogP contribution < -0.4 is 0 Å². The van der Waals surface area contributed by atoms with Crippen molar-refractivity contribution in [3.05, 3.63) is 63.6 Å². The molecular weight excluding hydrogens is 309 g/mol. The molecule has 0 atom stereocenters. The summed E-state index contributed by atoms with van der Waals surface area (Å²) in [6.45, 7) is 1.99. The third-order valence-corrected chi connectivity index (χ3v) is 3.54. The van der Waals surface area contributed by atoms with Crippen LogP contribution in [-0.4, -0.2) is 10.8 Å². The van der Waals surface area contributed by atoms with Gasteiger partial charge in [0.1, 0.15) is 5.82 Å². The summed E-state index contributed by atoms with van der Waals surface area (Å²) < 4.78 is 13.5. The number of carbonyl (C=O) groups excluding carboxylic acids is 1. The second-order valence-corrected chi connectivity index (χ2v) is 5.09. The van der Waals surface area contributed by atoms with Crippen molar-refractivity contribution in [3.63, 3.8) is 0 Å². The number of ketones is 1. The predicted octanol–water partition coefficient (Wildman–Crippen LogP) is 3.97. The Hall–Kier alpha value is -1.55. The predicted molar refractivity (Wildman–Crippen MR) is 75.7 cm³/mol. The van der Waals surface area contributed by atoms with Crippen molar-refractivity contribution >= 4 is 21.7 Å². The van der Waals surface area contributed by atoms with Crippen LogP contribution in [0.4, 0.5) is 4.39 Å². The van der Waals surface area contributed by atoms with Crippen molar-refractivity contribution in [2.45, 2.75) is 19.8 Å². The molecule has 0 fully saturated rings. The second kappa shape index (κ2) is 6.06. The maximum Gasteiger partial charge on any atom is 0.167 e. The monoisotopic (exact) mass is 321 g/mol. The Morgan fingerprint density at radius 2 is 2.16 bits per heavy atom. The van der Waals surface area contributed by atoms with Crippen molar-refractivity contribution in [1.29, 1.82) is 0 Å². The van der Waals surface area contributed by atoms with Crippen LogP contribution in [0.25, 0.3) is 0 Å². The molecule has 0 saturated carbocycles. The molecule has 2 aromatic rings. The molecule has 2 rings (SSSR count). The molecule has 1 aromatic heterocycles. The lowest BCUT2D eigenvalue weighted by Crippen LogP contribution is -2.07. The van der Waals surface area contributed by atoms with E-state index in [1.807, 2.05) is 6.92 Å². The maximum absolute atomic E-state index is 13.1. The van der Waals surface area contributed by atoms with Crippen LogP contribution in [0.15, 0.2) is 41.1 Å². The summed E-state index contributed by atoms with van der Waals surface area (Å²) in [7, 11) is 0. The number of hydrogen-bond acceptors (Lipinski definition) is 2. The summed E-state index contributed by atoms with van der Waals surface area (Å²) in [6.07, 6.45) is 4.36. The topological polar surface area (TPSA) is 30.0 Å². The van der Waals surface area contributed by atoms with Crippen LogP contribution >= 0.6 is 15.9 Å². The molecule has 98 valence electrons. The van der Waals surface area contributed by atoms with Crippen molar-refractivity contribution in [2.75, 3.05) is 0 Å². The van der Waals surface area contributed by atoms with Gasteiger partial charge in [-0.3, -0.25) is 9.78 Å². The van der Waals surface area contributed by atoms with Crippen LogP contribution in [0.1, 0.15) is 28.4 Å². The lowest BCUT2D eigenvalue weighted by Gasteiger charge is -2.06. The molecule has 0 spiro atoms. The first kappa shape index (κ1) is 13.9. The minimum Gasteiger partial charge on any atom is -0.294 e. The van der Waals surface area contributed by atoms with E-state index >= 15 is 0 Å². The van der Waals surface area contributed by atoms with Gasteiger partial charge in [-0.2, -0.15) is 0 Å². The van der Waals surface area contributed by atoms with Crippen LogP contribution in [-0.2, 0) is 12.8 Å². The van der Waals surface area contributed by atoms with E-state index in [-0.39, 0.29) is 18.0 Å². The Morgan fingerprint density at radius 1 is 1.37 bits per heavy atom. The molecule has 2 nitrogen and oxygen atoms in total. The number of hydrogen-bond donors (Lipinski definition) is 0. The number of pyridine rings is 1. The lowest BCUT2D eigenvalue weighted by molar-refractivity contribution is 0.0992. The summed E-state index contributed by atoms with van der Waals surface area (Å²) in [5.41, 5.74) is 2.42. The van der Waals surface area contributed by atoms with E-state index in [9.17, 15) is 9.18 Å². The van der Waals surface area contributed by atoms with Gasteiger partial charge in [-0.25, -0.2) is 4.39 Å². The highest BCUT2D eigenvalue weighted by atomic mass is 79.9. The Labute approximate surface area is 119 Å². The zero-order valence-corrected chi connectivity index (χ0v) is 12.1. The van der Waals surface area contributed by atoms with Gasteiger partial charge in [0.05, 0.1) is 4.47 Å². The Kier molecular flexibility index (Phi) is 4.43. The highest BCUT2D eigenvalue weighted by Crippen LogP contribution is 2.19. The second-order valence-electron chi connectivity index (χ2n) is 4.23. The van der Waals surface area contributed by atoms with Gasteiger partial charge in [0.15, 0.2) is 5.78 Å². The molecule has 0 aliphatic rings. The first-order chi connectivity index (χ1) is 9.11. The minimum atomic E-state index is -0.325. The average molecular weight is 322 g/mol. The molecule has 4 heteroatoms. The van der Waals surface area contributed by atoms with Gasteiger partial charge < -0.3 is 0 Å². The Morgan fingerprint density at radius 3 is 2.84 bits per heavy atom. The molecule has 0 N–H and O–H groups in total. The van der Waals surface area contributed by atoms with Crippen LogP contribution in [0.5, 0.6) is 0 Å². The van der Waals surface area contributed by atoms with Gasteiger partial charge in [0, 0.05) is 24.4 Å². The van der Waals surface area contributed by atoms with Crippen molar-refractivity contribution in [1.82, 2.24) is 4.98 Å². The van der Waals surface area contributed by atoms with E-state index in [1.165, 1.54) is 6.07 Å². The number of carbonyl (C=O) groups is 1. The van der Waals surface area contributed by atoms with E-state index in [4.69, 9.17) is 0 Å². The van der Waals surface area contributed by atoms with E-state index < -0.39 is 0 Å². The van der Waals surface area contributed by atoms with Crippen LogP contribution in [0.2, 0.25) is 0 Å². The molecule has 1 heterocycles. The fourth-order valence-electron chi connectivity index (χ4n) is 1.91. The molecule has 0 bridgehead atoms. The highest BCUT2D eigenvalue weighted by Gasteiger charge is 2.12. The van der Waals surface area contributed by atoms with Gasteiger partial charge in [0.2, 0.25) is 0 Å². The summed E-state index contributed by atoms with van der Waals surface area (Å²) in [6, 6.07) is 6.37.